The largest absolute Gasteiger partial charge is 0.368 e. The fraction of sp³-hybridized carbons (Fsp3) is 0.600. The smallest absolute Gasteiger partial charge is 0.0642 e. The van der Waals surface area contributed by atoms with E-state index in [9.17, 15) is 0 Å². The molecule has 0 aliphatic rings. The van der Waals surface area contributed by atoms with Gasteiger partial charge in [-0.15, -0.1) is 11.6 Å². The third kappa shape index (κ3) is 4.07. The van der Waals surface area contributed by atoms with Gasteiger partial charge in [0.1, 0.15) is 0 Å². The van der Waals surface area contributed by atoms with Crippen LogP contribution in [0.15, 0.2) is 18.2 Å². The maximum Gasteiger partial charge on any atom is 0.0642 e. The van der Waals surface area contributed by atoms with Crippen molar-refractivity contribution in [3.63, 3.8) is 0 Å². The molecule has 1 aromatic rings. The van der Waals surface area contributed by atoms with Gasteiger partial charge in [-0.2, -0.15) is 0 Å². The molecule has 0 aromatic heterocycles. The molecule has 0 N–H and O–H groups in total. The van der Waals surface area contributed by atoms with E-state index in [4.69, 9.17) is 23.2 Å². The van der Waals surface area contributed by atoms with Gasteiger partial charge in [-0.1, -0.05) is 43.5 Å². The lowest BCUT2D eigenvalue weighted by Gasteiger charge is -2.31. The molecule has 1 nitrogen and oxygen atoms in total. The third-order valence-corrected chi connectivity index (χ3v) is 3.72. The predicted molar refractivity (Wildman–Crippen MR) is 83.0 cm³/mol. The van der Waals surface area contributed by atoms with Crippen LogP contribution in [0.25, 0.3) is 0 Å². The van der Waals surface area contributed by atoms with E-state index in [1.165, 1.54) is 19.3 Å². The molecule has 0 amide bonds. The molecule has 0 spiro atoms. The van der Waals surface area contributed by atoms with Crippen molar-refractivity contribution in [2.24, 2.45) is 0 Å². The van der Waals surface area contributed by atoms with Crippen LogP contribution in [0, 0.1) is 0 Å². The van der Waals surface area contributed by atoms with E-state index < -0.39 is 0 Å². The van der Waals surface area contributed by atoms with E-state index in [1.54, 1.807) is 0 Å². The van der Waals surface area contributed by atoms with Gasteiger partial charge in [-0.05, 0) is 31.9 Å². The summed E-state index contributed by atoms with van der Waals surface area (Å²) in [5.41, 5.74) is 2.23. The number of halogens is 2. The first-order valence-corrected chi connectivity index (χ1v) is 7.63. The Hall–Kier alpha value is -0.400. The predicted octanol–water partition coefficient (Wildman–Crippen LogP) is 5.48. The summed E-state index contributed by atoms with van der Waals surface area (Å²) in [5.74, 6) is 0.507. The number of para-hydroxylation sites is 1. The maximum atomic E-state index is 6.36. The lowest BCUT2D eigenvalue weighted by Crippen LogP contribution is -2.32. The molecule has 0 radical (unpaired) electrons. The number of alkyl halides is 1. The number of nitrogens with zero attached hydrogens (tertiary/aromatic N) is 1. The van der Waals surface area contributed by atoms with Gasteiger partial charge in [0.15, 0.2) is 0 Å². The summed E-state index contributed by atoms with van der Waals surface area (Å²) >= 11 is 12.4. The first-order valence-electron chi connectivity index (χ1n) is 6.71. The number of unbranched alkanes of at least 4 members (excludes halogenated alkanes) is 2. The topological polar surface area (TPSA) is 3.24 Å². The van der Waals surface area contributed by atoms with Crippen LogP contribution in [0.1, 0.15) is 45.6 Å². The zero-order valence-corrected chi connectivity index (χ0v) is 13.1. The Balaban J connectivity index is 2.97. The Kier molecular flexibility index (Phi) is 6.88. The van der Waals surface area contributed by atoms with Crippen LogP contribution in [0.4, 0.5) is 5.69 Å². The second-order valence-electron chi connectivity index (χ2n) is 4.88. The molecule has 0 aliphatic heterocycles. The SMILES string of the molecule is CCCCCN(c1c(Cl)cccc1CCl)C(C)C. The molecular weight excluding hydrogens is 265 g/mol. The molecule has 0 bridgehead atoms. The van der Waals surface area contributed by atoms with Gasteiger partial charge in [0.25, 0.3) is 0 Å². The molecule has 0 saturated heterocycles. The number of hydrogen-bond donors (Lipinski definition) is 0. The molecule has 1 rings (SSSR count). The molecule has 0 heterocycles. The summed E-state index contributed by atoms with van der Waals surface area (Å²) in [6.07, 6.45) is 3.68. The van der Waals surface area contributed by atoms with Crippen LogP contribution in [0.2, 0.25) is 5.02 Å². The first kappa shape index (κ1) is 15.7. The van der Waals surface area contributed by atoms with Crippen molar-refractivity contribution in [3.05, 3.63) is 28.8 Å². The Morgan fingerprint density at radius 1 is 1.22 bits per heavy atom. The van der Waals surface area contributed by atoms with Gasteiger partial charge in [0, 0.05) is 18.5 Å². The quantitative estimate of drug-likeness (QED) is 0.474. The van der Waals surface area contributed by atoms with Gasteiger partial charge in [0.2, 0.25) is 0 Å². The minimum absolute atomic E-state index is 0.434. The van der Waals surface area contributed by atoms with Crippen molar-refractivity contribution in [2.45, 2.75) is 52.0 Å². The summed E-state index contributed by atoms with van der Waals surface area (Å²) in [6, 6.07) is 6.41. The van der Waals surface area contributed by atoms with Crippen molar-refractivity contribution in [2.75, 3.05) is 11.4 Å². The second kappa shape index (κ2) is 7.91. The summed E-state index contributed by atoms with van der Waals surface area (Å²) in [5, 5.41) is 0.804. The molecule has 3 heteroatoms. The fourth-order valence-electron chi connectivity index (χ4n) is 2.15. The van der Waals surface area contributed by atoms with Gasteiger partial charge in [-0.25, -0.2) is 0 Å². The molecule has 1 aromatic carbocycles. The highest BCUT2D eigenvalue weighted by Crippen LogP contribution is 2.32. The highest BCUT2D eigenvalue weighted by Gasteiger charge is 2.16. The lowest BCUT2D eigenvalue weighted by atomic mass is 10.1. The minimum atomic E-state index is 0.434. The van der Waals surface area contributed by atoms with Gasteiger partial charge in [-0.3, -0.25) is 0 Å². The molecule has 0 fully saturated rings. The van der Waals surface area contributed by atoms with Crippen molar-refractivity contribution in [3.8, 4) is 0 Å². The zero-order chi connectivity index (χ0) is 13.5. The summed E-state index contributed by atoms with van der Waals surface area (Å²) in [6.45, 7) is 7.67. The molecule has 0 atom stereocenters. The van der Waals surface area contributed by atoms with Crippen LogP contribution in [-0.2, 0) is 5.88 Å². The molecule has 0 aliphatic carbocycles. The highest BCUT2D eigenvalue weighted by molar-refractivity contribution is 6.33. The highest BCUT2D eigenvalue weighted by atomic mass is 35.5. The van der Waals surface area contributed by atoms with Crippen LogP contribution < -0.4 is 4.90 Å². The third-order valence-electron chi connectivity index (χ3n) is 3.13. The van der Waals surface area contributed by atoms with Crippen LogP contribution in [-0.4, -0.2) is 12.6 Å². The van der Waals surface area contributed by atoms with E-state index in [1.807, 2.05) is 12.1 Å². The number of rotatable bonds is 7. The Morgan fingerprint density at radius 2 is 1.94 bits per heavy atom. The molecule has 0 saturated carbocycles. The van der Waals surface area contributed by atoms with E-state index in [-0.39, 0.29) is 0 Å². The van der Waals surface area contributed by atoms with Gasteiger partial charge >= 0.3 is 0 Å². The summed E-state index contributed by atoms with van der Waals surface area (Å²) in [4.78, 5) is 2.37. The summed E-state index contributed by atoms with van der Waals surface area (Å²) in [7, 11) is 0. The maximum absolute atomic E-state index is 6.36. The standard InChI is InChI=1S/C15H23Cl2N/c1-4-5-6-10-18(12(2)3)15-13(11-16)8-7-9-14(15)17/h7-9,12H,4-6,10-11H2,1-3H3. The Bertz CT molecular complexity index is 364. The van der Waals surface area contributed by atoms with Crippen molar-refractivity contribution >= 4 is 28.9 Å². The minimum Gasteiger partial charge on any atom is -0.368 e. The van der Waals surface area contributed by atoms with Crippen molar-refractivity contribution < 1.29 is 0 Å². The first-order chi connectivity index (χ1) is 8.61. The Morgan fingerprint density at radius 3 is 2.50 bits per heavy atom. The lowest BCUT2D eigenvalue weighted by molar-refractivity contribution is 0.624. The molecule has 18 heavy (non-hydrogen) atoms. The van der Waals surface area contributed by atoms with Crippen molar-refractivity contribution in [1.82, 2.24) is 0 Å². The van der Waals surface area contributed by atoms with E-state index >= 15 is 0 Å². The molecular formula is C15H23Cl2N. The average Bonchev–Trinajstić information content (AvgIpc) is 2.35. The number of anilines is 1. The molecule has 102 valence electrons. The normalized spacial score (nSPS) is 11.0. The molecule has 0 unspecified atom stereocenters. The summed E-state index contributed by atoms with van der Waals surface area (Å²) < 4.78 is 0. The van der Waals surface area contributed by atoms with Gasteiger partial charge in [0.05, 0.1) is 10.7 Å². The monoisotopic (exact) mass is 287 g/mol. The number of hydrogen-bond acceptors (Lipinski definition) is 1. The van der Waals surface area contributed by atoms with Crippen LogP contribution in [0.5, 0.6) is 0 Å². The van der Waals surface area contributed by atoms with Crippen LogP contribution >= 0.6 is 23.2 Å². The van der Waals surface area contributed by atoms with E-state index in [0.717, 1.165) is 22.8 Å². The van der Waals surface area contributed by atoms with E-state index in [2.05, 4.69) is 31.7 Å². The van der Waals surface area contributed by atoms with Crippen LogP contribution in [0.3, 0.4) is 0 Å². The van der Waals surface area contributed by atoms with Crippen molar-refractivity contribution in [1.29, 1.82) is 0 Å². The average molecular weight is 288 g/mol. The van der Waals surface area contributed by atoms with Gasteiger partial charge < -0.3 is 4.90 Å². The fourth-order valence-corrected chi connectivity index (χ4v) is 2.67. The Labute approximate surface area is 121 Å². The zero-order valence-electron chi connectivity index (χ0n) is 11.5. The van der Waals surface area contributed by atoms with E-state index in [0.29, 0.717) is 11.9 Å². The number of benzene rings is 1. The second-order valence-corrected chi connectivity index (χ2v) is 5.55.